The third-order valence-corrected chi connectivity index (χ3v) is 10.0. The van der Waals surface area contributed by atoms with Gasteiger partial charge in [-0.05, 0) is 25.7 Å². The maximum atomic E-state index is 12.0. The zero-order valence-corrected chi connectivity index (χ0v) is 32.9. The highest BCUT2D eigenvalue weighted by Gasteiger charge is 2.04. The topological polar surface area (TPSA) is 52.6 Å². The van der Waals surface area contributed by atoms with Gasteiger partial charge in [-0.3, -0.25) is 9.59 Å². The Kier molecular flexibility index (Phi) is 41.2. The summed E-state index contributed by atoms with van der Waals surface area (Å²) in [7, 11) is 0. The predicted octanol–water partition coefficient (Wildman–Crippen LogP) is 14.9. The third kappa shape index (κ3) is 41.1. The summed E-state index contributed by atoms with van der Waals surface area (Å²) in [6.45, 7) is 5.76. The van der Waals surface area contributed by atoms with E-state index < -0.39 is 0 Å². The Morgan fingerprint density at radius 1 is 0.271 bits per heavy atom. The van der Waals surface area contributed by atoms with Crippen molar-refractivity contribution in [1.82, 2.24) is 0 Å². The molecular weight excluding hydrogens is 592 g/mol. The fourth-order valence-electron chi connectivity index (χ4n) is 6.71. The lowest BCUT2D eigenvalue weighted by atomic mass is 10.0. The molecule has 0 aliphatic rings. The maximum absolute atomic E-state index is 12.0. The Morgan fingerprint density at radius 2 is 0.458 bits per heavy atom. The minimum Gasteiger partial charge on any atom is -0.466 e. The molecule has 0 aromatic rings. The number of hydrogen-bond acceptors (Lipinski definition) is 4. The van der Waals surface area contributed by atoms with Gasteiger partial charge in [0.05, 0.1) is 13.2 Å². The molecule has 0 fully saturated rings. The van der Waals surface area contributed by atoms with Gasteiger partial charge in [0.25, 0.3) is 0 Å². The van der Waals surface area contributed by atoms with E-state index in [2.05, 4.69) is 13.8 Å². The average Bonchev–Trinajstić information content (AvgIpc) is 3.09. The number of hydrogen-bond donors (Lipinski definition) is 0. The Bertz CT molecular complexity index is 579. The standard InChI is InChI=1S/C44H86O4/c1-3-5-7-9-11-13-15-17-19-23-27-31-35-39-43(45)47-41-37-33-29-25-21-22-26-30-34-38-42-48-44(46)40-36-32-28-24-20-18-16-14-12-10-8-6-4-2/h3-42H2,1-2H3. The highest BCUT2D eigenvalue weighted by atomic mass is 16.5. The normalized spacial score (nSPS) is 11.3. The van der Waals surface area contributed by atoms with Crippen LogP contribution < -0.4 is 0 Å². The van der Waals surface area contributed by atoms with Crippen LogP contribution in [0.2, 0.25) is 0 Å². The molecule has 0 spiro atoms. The van der Waals surface area contributed by atoms with E-state index in [1.807, 2.05) is 0 Å². The highest BCUT2D eigenvalue weighted by Crippen LogP contribution is 2.15. The Labute approximate surface area is 301 Å². The van der Waals surface area contributed by atoms with Crippen molar-refractivity contribution in [2.75, 3.05) is 13.2 Å². The van der Waals surface area contributed by atoms with Gasteiger partial charge < -0.3 is 9.47 Å². The van der Waals surface area contributed by atoms with Crippen molar-refractivity contribution in [3.63, 3.8) is 0 Å². The lowest BCUT2D eigenvalue weighted by Gasteiger charge is -2.06. The van der Waals surface area contributed by atoms with Crippen molar-refractivity contribution in [1.29, 1.82) is 0 Å². The number of ether oxygens (including phenoxy) is 2. The number of esters is 2. The summed E-state index contributed by atoms with van der Waals surface area (Å²) in [5.74, 6) is 0.00491. The fraction of sp³-hybridized carbons (Fsp3) is 0.955. The van der Waals surface area contributed by atoms with Crippen molar-refractivity contribution in [2.24, 2.45) is 0 Å². The molecule has 0 aliphatic carbocycles. The van der Waals surface area contributed by atoms with Crippen LogP contribution in [0.1, 0.15) is 258 Å². The van der Waals surface area contributed by atoms with E-state index in [1.165, 1.54) is 193 Å². The van der Waals surface area contributed by atoms with Gasteiger partial charge in [-0.2, -0.15) is 0 Å². The summed E-state index contributed by atoms with van der Waals surface area (Å²) in [5, 5.41) is 0. The van der Waals surface area contributed by atoms with Gasteiger partial charge in [-0.1, -0.05) is 219 Å². The number of rotatable bonds is 41. The summed E-state index contributed by atoms with van der Waals surface area (Å²) >= 11 is 0. The molecule has 4 heteroatoms. The van der Waals surface area contributed by atoms with Gasteiger partial charge in [0.1, 0.15) is 0 Å². The van der Waals surface area contributed by atoms with Crippen LogP contribution in [0.25, 0.3) is 0 Å². The average molecular weight is 679 g/mol. The summed E-state index contributed by atoms with van der Waals surface area (Å²) < 4.78 is 10.9. The van der Waals surface area contributed by atoms with Crippen LogP contribution in [-0.2, 0) is 19.1 Å². The first-order chi connectivity index (χ1) is 23.7. The first-order valence-electron chi connectivity index (χ1n) is 22.0. The van der Waals surface area contributed by atoms with E-state index in [9.17, 15) is 9.59 Å². The zero-order valence-electron chi connectivity index (χ0n) is 32.9. The third-order valence-electron chi connectivity index (χ3n) is 10.0. The van der Waals surface area contributed by atoms with Crippen molar-refractivity contribution in [2.45, 2.75) is 258 Å². The van der Waals surface area contributed by atoms with E-state index >= 15 is 0 Å². The van der Waals surface area contributed by atoms with E-state index in [1.54, 1.807) is 0 Å². The molecular formula is C44H86O4. The number of unbranched alkanes of at least 4 members (excludes halogenated alkanes) is 33. The fourth-order valence-corrected chi connectivity index (χ4v) is 6.71. The van der Waals surface area contributed by atoms with E-state index in [4.69, 9.17) is 9.47 Å². The second-order valence-corrected chi connectivity index (χ2v) is 15.0. The van der Waals surface area contributed by atoms with Crippen molar-refractivity contribution < 1.29 is 19.1 Å². The summed E-state index contributed by atoms with van der Waals surface area (Å²) in [6, 6.07) is 0. The molecule has 4 nitrogen and oxygen atoms in total. The summed E-state index contributed by atoms with van der Waals surface area (Å²) in [6.07, 6.45) is 47.8. The van der Waals surface area contributed by atoms with Crippen LogP contribution in [0.4, 0.5) is 0 Å². The largest absolute Gasteiger partial charge is 0.466 e. The zero-order chi connectivity index (χ0) is 34.9. The molecule has 0 aliphatic heterocycles. The maximum Gasteiger partial charge on any atom is 0.305 e. The summed E-state index contributed by atoms with van der Waals surface area (Å²) in [4.78, 5) is 23.9. The highest BCUT2D eigenvalue weighted by molar-refractivity contribution is 5.69. The molecule has 286 valence electrons. The smallest absolute Gasteiger partial charge is 0.305 e. The lowest BCUT2D eigenvalue weighted by molar-refractivity contribution is -0.144. The van der Waals surface area contributed by atoms with Gasteiger partial charge in [-0.15, -0.1) is 0 Å². The molecule has 0 aromatic heterocycles. The van der Waals surface area contributed by atoms with Crippen molar-refractivity contribution in [3.8, 4) is 0 Å². The Morgan fingerprint density at radius 3 is 0.688 bits per heavy atom. The van der Waals surface area contributed by atoms with Gasteiger partial charge in [0.2, 0.25) is 0 Å². The number of carbonyl (C=O) groups excluding carboxylic acids is 2. The quantitative estimate of drug-likeness (QED) is 0.0477. The summed E-state index contributed by atoms with van der Waals surface area (Å²) in [5.41, 5.74) is 0. The van der Waals surface area contributed by atoms with Crippen molar-refractivity contribution >= 4 is 11.9 Å². The van der Waals surface area contributed by atoms with Crippen LogP contribution in [0.3, 0.4) is 0 Å². The van der Waals surface area contributed by atoms with Crippen LogP contribution >= 0.6 is 0 Å². The molecule has 0 rings (SSSR count). The van der Waals surface area contributed by atoms with Gasteiger partial charge in [0.15, 0.2) is 0 Å². The first kappa shape index (κ1) is 46.9. The predicted molar refractivity (Wildman–Crippen MR) is 209 cm³/mol. The Balaban J connectivity index is 3.21. The molecule has 0 heterocycles. The van der Waals surface area contributed by atoms with Crippen LogP contribution in [0.5, 0.6) is 0 Å². The SMILES string of the molecule is CCCCCCCCCCCCCCCC(=O)OCCCCCCCCCCCCOC(=O)CCCCCCCCCCCCCCC. The van der Waals surface area contributed by atoms with Crippen molar-refractivity contribution in [3.05, 3.63) is 0 Å². The molecule has 0 bridgehead atoms. The van der Waals surface area contributed by atoms with Crippen LogP contribution in [0.15, 0.2) is 0 Å². The number of carbonyl (C=O) groups is 2. The Hall–Kier alpha value is -1.06. The molecule has 0 N–H and O–H groups in total. The molecule has 48 heavy (non-hydrogen) atoms. The van der Waals surface area contributed by atoms with E-state index in [0.29, 0.717) is 26.1 Å². The van der Waals surface area contributed by atoms with Crippen LogP contribution in [-0.4, -0.2) is 25.2 Å². The van der Waals surface area contributed by atoms with E-state index in [0.717, 1.165) is 38.5 Å². The molecule has 0 saturated carbocycles. The first-order valence-corrected chi connectivity index (χ1v) is 22.0. The second kappa shape index (κ2) is 42.1. The monoisotopic (exact) mass is 679 g/mol. The molecule has 0 aromatic carbocycles. The second-order valence-electron chi connectivity index (χ2n) is 15.0. The van der Waals surface area contributed by atoms with Gasteiger partial charge in [0, 0.05) is 12.8 Å². The minimum atomic E-state index is 0.00246. The minimum absolute atomic E-state index is 0.00246. The molecule has 0 radical (unpaired) electrons. The van der Waals surface area contributed by atoms with Gasteiger partial charge in [-0.25, -0.2) is 0 Å². The molecule has 0 saturated heterocycles. The van der Waals surface area contributed by atoms with E-state index in [-0.39, 0.29) is 11.9 Å². The molecule has 0 unspecified atom stereocenters. The van der Waals surface area contributed by atoms with Gasteiger partial charge >= 0.3 is 11.9 Å². The molecule has 0 amide bonds. The van der Waals surface area contributed by atoms with Crippen LogP contribution in [0, 0.1) is 0 Å². The molecule has 0 atom stereocenters. The lowest BCUT2D eigenvalue weighted by Crippen LogP contribution is -2.05.